The number of hydrogen-bond acceptors (Lipinski definition) is 6. The number of benzene rings is 2. The molecular formula is C20H22ClNO5. The van der Waals surface area contributed by atoms with Gasteiger partial charge in [0.2, 0.25) is 5.43 Å². The zero-order chi connectivity index (χ0) is 17.9. The summed E-state index contributed by atoms with van der Waals surface area (Å²) in [6, 6.07) is 12.3. The van der Waals surface area contributed by atoms with Crippen LogP contribution in [0.5, 0.6) is 5.75 Å². The second-order valence-electron chi connectivity index (χ2n) is 6.46. The lowest BCUT2D eigenvalue weighted by molar-refractivity contribution is 0.00466. The van der Waals surface area contributed by atoms with Crippen molar-refractivity contribution in [1.82, 2.24) is 4.90 Å². The molecule has 1 atom stereocenters. The molecule has 0 amide bonds. The van der Waals surface area contributed by atoms with Gasteiger partial charge in [0.15, 0.2) is 0 Å². The maximum absolute atomic E-state index is 12.7. The predicted molar refractivity (Wildman–Crippen MR) is 106 cm³/mol. The molecule has 7 heteroatoms. The lowest BCUT2D eigenvalue weighted by Gasteiger charge is -2.28. The molecule has 2 heterocycles. The fourth-order valence-electron chi connectivity index (χ4n) is 3.20. The van der Waals surface area contributed by atoms with E-state index in [2.05, 4.69) is 4.90 Å². The molecule has 0 bridgehead atoms. The van der Waals surface area contributed by atoms with Crippen LogP contribution in [0.15, 0.2) is 51.7 Å². The van der Waals surface area contributed by atoms with Gasteiger partial charge in [0.05, 0.1) is 24.0 Å². The number of ether oxygens (including phenoxy) is 2. The number of fused-ring (bicyclic) bond motifs is 2. The Balaban J connectivity index is 0.00000210. The van der Waals surface area contributed by atoms with Crippen molar-refractivity contribution < 1.29 is 19.0 Å². The molecule has 1 aliphatic rings. The van der Waals surface area contributed by atoms with Crippen molar-refractivity contribution >= 4 is 34.3 Å². The maximum Gasteiger partial charge on any atom is 0.200 e. The van der Waals surface area contributed by atoms with E-state index in [9.17, 15) is 9.90 Å². The molecule has 4 rings (SSSR count). The van der Waals surface area contributed by atoms with Crippen LogP contribution in [0.1, 0.15) is 0 Å². The van der Waals surface area contributed by atoms with Gasteiger partial charge in [0.1, 0.15) is 29.6 Å². The highest BCUT2D eigenvalue weighted by Gasteiger charge is 2.15. The van der Waals surface area contributed by atoms with Gasteiger partial charge in [-0.2, -0.15) is 0 Å². The molecule has 1 unspecified atom stereocenters. The van der Waals surface area contributed by atoms with Crippen LogP contribution in [0.4, 0.5) is 0 Å². The third kappa shape index (κ3) is 4.42. The number of β-amino-alcohol motifs (C(OH)–C–C–N with tert-alkyl or cyclic N) is 1. The van der Waals surface area contributed by atoms with Crippen LogP contribution in [0, 0.1) is 0 Å². The fourth-order valence-corrected chi connectivity index (χ4v) is 3.20. The zero-order valence-electron chi connectivity index (χ0n) is 14.8. The van der Waals surface area contributed by atoms with Crippen molar-refractivity contribution in [3.8, 4) is 5.75 Å². The van der Waals surface area contributed by atoms with Crippen molar-refractivity contribution in [3.63, 3.8) is 0 Å². The lowest BCUT2D eigenvalue weighted by atomic mass is 10.1. The summed E-state index contributed by atoms with van der Waals surface area (Å²) in [4.78, 5) is 14.8. The second-order valence-corrected chi connectivity index (χ2v) is 6.46. The number of rotatable bonds is 5. The Labute approximate surface area is 162 Å². The van der Waals surface area contributed by atoms with Gasteiger partial charge < -0.3 is 19.0 Å². The van der Waals surface area contributed by atoms with Crippen molar-refractivity contribution in [2.45, 2.75) is 6.10 Å². The monoisotopic (exact) mass is 391 g/mol. The van der Waals surface area contributed by atoms with Gasteiger partial charge in [0, 0.05) is 19.6 Å². The van der Waals surface area contributed by atoms with Crippen LogP contribution in [0.3, 0.4) is 0 Å². The lowest BCUT2D eigenvalue weighted by Crippen LogP contribution is -2.42. The predicted octanol–water partition coefficient (Wildman–Crippen LogP) is 2.44. The number of para-hydroxylation sites is 1. The second kappa shape index (κ2) is 8.71. The number of aliphatic hydroxyl groups is 1. The van der Waals surface area contributed by atoms with Crippen LogP contribution in [0.25, 0.3) is 21.9 Å². The van der Waals surface area contributed by atoms with Crippen LogP contribution >= 0.6 is 12.4 Å². The molecule has 1 N–H and O–H groups in total. The number of hydrogen-bond donors (Lipinski definition) is 1. The van der Waals surface area contributed by atoms with Crippen LogP contribution in [-0.4, -0.2) is 55.6 Å². The fraction of sp³-hybridized carbons (Fsp3) is 0.350. The molecule has 0 aliphatic carbocycles. The van der Waals surface area contributed by atoms with E-state index in [0.29, 0.717) is 47.4 Å². The van der Waals surface area contributed by atoms with E-state index >= 15 is 0 Å². The van der Waals surface area contributed by atoms with Gasteiger partial charge in [-0.1, -0.05) is 12.1 Å². The largest absolute Gasteiger partial charge is 0.491 e. The SMILES string of the molecule is Cl.O=c1c2ccccc2oc2ccc(OCC(O)CN3CCOCC3)cc12. The van der Waals surface area contributed by atoms with E-state index in [-0.39, 0.29) is 24.4 Å². The number of morpholine rings is 1. The molecule has 3 aromatic rings. The van der Waals surface area contributed by atoms with E-state index in [0.717, 1.165) is 13.1 Å². The van der Waals surface area contributed by atoms with Crippen molar-refractivity contribution in [2.75, 3.05) is 39.5 Å². The molecule has 1 aromatic heterocycles. The van der Waals surface area contributed by atoms with Crippen molar-refractivity contribution in [1.29, 1.82) is 0 Å². The smallest absolute Gasteiger partial charge is 0.200 e. The third-order valence-electron chi connectivity index (χ3n) is 4.56. The first-order valence-electron chi connectivity index (χ1n) is 8.77. The van der Waals surface area contributed by atoms with Gasteiger partial charge in [-0.25, -0.2) is 0 Å². The highest BCUT2D eigenvalue weighted by molar-refractivity contribution is 5.90. The summed E-state index contributed by atoms with van der Waals surface area (Å²) >= 11 is 0. The Bertz CT molecular complexity index is 967. The Morgan fingerprint density at radius 1 is 1.07 bits per heavy atom. The van der Waals surface area contributed by atoms with Gasteiger partial charge in [-0.15, -0.1) is 12.4 Å². The Morgan fingerprint density at radius 2 is 1.81 bits per heavy atom. The molecule has 1 aliphatic heterocycles. The topological polar surface area (TPSA) is 72.1 Å². The highest BCUT2D eigenvalue weighted by atomic mass is 35.5. The molecule has 1 saturated heterocycles. The maximum atomic E-state index is 12.7. The third-order valence-corrected chi connectivity index (χ3v) is 4.56. The summed E-state index contributed by atoms with van der Waals surface area (Å²) in [5, 5.41) is 11.2. The van der Waals surface area contributed by atoms with E-state index in [4.69, 9.17) is 13.9 Å². The van der Waals surface area contributed by atoms with Gasteiger partial charge >= 0.3 is 0 Å². The number of nitrogens with zero attached hydrogens (tertiary/aromatic N) is 1. The van der Waals surface area contributed by atoms with Crippen molar-refractivity contribution in [2.24, 2.45) is 0 Å². The Morgan fingerprint density at radius 3 is 2.63 bits per heavy atom. The molecule has 27 heavy (non-hydrogen) atoms. The molecule has 0 radical (unpaired) electrons. The minimum Gasteiger partial charge on any atom is -0.491 e. The van der Waals surface area contributed by atoms with E-state index in [1.54, 1.807) is 30.3 Å². The molecule has 6 nitrogen and oxygen atoms in total. The van der Waals surface area contributed by atoms with Crippen LogP contribution in [0.2, 0.25) is 0 Å². The summed E-state index contributed by atoms with van der Waals surface area (Å²) in [6.07, 6.45) is -0.600. The Hall–Kier alpha value is -2.12. The van der Waals surface area contributed by atoms with Gasteiger partial charge in [-0.05, 0) is 30.3 Å². The molecule has 0 saturated carbocycles. The van der Waals surface area contributed by atoms with E-state index in [1.165, 1.54) is 0 Å². The molecular weight excluding hydrogens is 370 g/mol. The van der Waals surface area contributed by atoms with Crippen molar-refractivity contribution in [3.05, 3.63) is 52.7 Å². The van der Waals surface area contributed by atoms with Crippen LogP contribution < -0.4 is 10.2 Å². The summed E-state index contributed by atoms with van der Waals surface area (Å²) in [7, 11) is 0. The number of halogens is 1. The summed E-state index contributed by atoms with van der Waals surface area (Å²) in [5.74, 6) is 0.543. The summed E-state index contributed by atoms with van der Waals surface area (Å²) in [6.45, 7) is 3.75. The molecule has 1 fully saturated rings. The molecule has 144 valence electrons. The first-order chi connectivity index (χ1) is 12.7. The minimum absolute atomic E-state index is 0. The standard InChI is InChI=1S/C20H21NO5.ClH/c22-14(12-21-7-9-24-10-8-21)13-25-15-5-6-19-17(11-15)20(23)16-3-1-2-4-18(16)26-19;/h1-6,11,14,22H,7-10,12-13H2;1H. The molecule has 0 spiro atoms. The van der Waals surface area contributed by atoms with E-state index < -0.39 is 6.10 Å². The van der Waals surface area contributed by atoms with E-state index in [1.807, 2.05) is 12.1 Å². The summed E-state index contributed by atoms with van der Waals surface area (Å²) in [5.41, 5.74) is 1.01. The zero-order valence-corrected chi connectivity index (χ0v) is 15.6. The summed E-state index contributed by atoms with van der Waals surface area (Å²) < 4.78 is 16.8. The molecule has 2 aromatic carbocycles. The quantitative estimate of drug-likeness (QED) is 0.673. The Kier molecular flexibility index (Phi) is 6.34. The average molecular weight is 392 g/mol. The highest BCUT2D eigenvalue weighted by Crippen LogP contribution is 2.22. The van der Waals surface area contributed by atoms with Crippen LogP contribution in [-0.2, 0) is 4.74 Å². The van der Waals surface area contributed by atoms with Gasteiger partial charge in [0.25, 0.3) is 0 Å². The van der Waals surface area contributed by atoms with Gasteiger partial charge in [-0.3, -0.25) is 9.69 Å². The average Bonchev–Trinajstić information content (AvgIpc) is 2.68. The first-order valence-corrected chi connectivity index (χ1v) is 8.77. The number of aliphatic hydroxyl groups excluding tert-OH is 1. The normalized spacial score (nSPS) is 16.2. The minimum atomic E-state index is -0.600. The first kappa shape index (κ1) is 19.6.